The van der Waals surface area contributed by atoms with Crippen molar-refractivity contribution in [1.82, 2.24) is 0 Å². The first kappa shape index (κ1) is 24.1. The predicted molar refractivity (Wildman–Crippen MR) is 121 cm³/mol. The number of nitrogens with zero attached hydrogens (tertiary/aromatic N) is 1. The molecule has 9 heteroatoms. The van der Waals surface area contributed by atoms with Crippen LogP contribution < -0.4 is 15.4 Å². The van der Waals surface area contributed by atoms with Crippen LogP contribution in [-0.4, -0.2) is 18.4 Å². The molecular weight excluding hydrogens is 447 g/mol. The summed E-state index contributed by atoms with van der Waals surface area (Å²) >= 11 is 0. The Morgan fingerprint density at radius 2 is 1.59 bits per heavy atom. The molecule has 3 rings (SSSR count). The number of hydrogen-bond acceptors (Lipinski definition) is 4. The van der Waals surface area contributed by atoms with Gasteiger partial charge in [0, 0.05) is 16.9 Å². The topological polar surface area (TPSA) is 91.2 Å². The summed E-state index contributed by atoms with van der Waals surface area (Å²) in [5.74, 6) is -1.06. The van der Waals surface area contributed by atoms with Gasteiger partial charge in [-0.05, 0) is 42.5 Å². The van der Waals surface area contributed by atoms with Crippen molar-refractivity contribution in [2.45, 2.75) is 6.18 Å². The number of para-hydroxylation sites is 2. The van der Waals surface area contributed by atoms with Crippen LogP contribution in [0.1, 0.15) is 11.1 Å². The summed E-state index contributed by atoms with van der Waals surface area (Å²) in [5.41, 5.74) is -0.460. The third-order valence-corrected chi connectivity index (χ3v) is 4.45. The van der Waals surface area contributed by atoms with Crippen LogP contribution in [-0.2, 0) is 15.8 Å². The van der Waals surface area contributed by atoms with Gasteiger partial charge in [0.1, 0.15) is 17.4 Å². The number of benzene rings is 3. The number of amides is 2. The number of anilines is 2. The molecular formula is C25H18F3N3O3. The number of carbonyl (C=O) groups is 2. The molecule has 6 nitrogen and oxygen atoms in total. The van der Waals surface area contributed by atoms with E-state index < -0.39 is 23.6 Å². The van der Waals surface area contributed by atoms with Crippen LogP contribution in [0.5, 0.6) is 5.75 Å². The third-order valence-electron chi connectivity index (χ3n) is 4.45. The number of hydrogen-bond donors (Lipinski definition) is 2. The van der Waals surface area contributed by atoms with Crippen molar-refractivity contribution in [2.75, 3.05) is 17.2 Å². The number of rotatable bonds is 7. The lowest BCUT2D eigenvalue weighted by atomic mass is 10.1. The van der Waals surface area contributed by atoms with Gasteiger partial charge in [-0.25, -0.2) is 0 Å². The number of halogens is 3. The highest BCUT2D eigenvalue weighted by Gasteiger charge is 2.30. The molecule has 0 saturated heterocycles. The van der Waals surface area contributed by atoms with Crippen molar-refractivity contribution < 1.29 is 27.5 Å². The first-order chi connectivity index (χ1) is 16.3. The molecule has 0 radical (unpaired) electrons. The smallest absolute Gasteiger partial charge is 0.416 e. The molecule has 2 amide bonds. The van der Waals surface area contributed by atoms with Crippen molar-refractivity contribution in [3.63, 3.8) is 0 Å². The highest BCUT2D eigenvalue weighted by molar-refractivity contribution is 6.09. The second-order valence-electron chi connectivity index (χ2n) is 6.94. The Bertz CT molecular complexity index is 1250. The van der Waals surface area contributed by atoms with E-state index in [9.17, 15) is 28.0 Å². The largest absolute Gasteiger partial charge is 0.483 e. The van der Waals surface area contributed by atoms with Gasteiger partial charge in [-0.1, -0.05) is 42.5 Å². The minimum absolute atomic E-state index is 0.108. The molecule has 172 valence electrons. The lowest BCUT2D eigenvalue weighted by Crippen LogP contribution is -2.20. The average molecular weight is 465 g/mol. The fourth-order valence-corrected chi connectivity index (χ4v) is 2.87. The third kappa shape index (κ3) is 6.71. The second kappa shape index (κ2) is 10.8. The fourth-order valence-electron chi connectivity index (χ4n) is 2.87. The normalized spacial score (nSPS) is 11.3. The van der Waals surface area contributed by atoms with Gasteiger partial charge in [0.25, 0.3) is 11.8 Å². The van der Waals surface area contributed by atoms with E-state index in [1.165, 1.54) is 12.1 Å². The van der Waals surface area contributed by atoms with Crippen LogP contribution in [0, 0.1) is 11.3 Å². The molecule has 2 N–H and O–H groups in total. The summed E-state index contributed by atoms with van der Waals surface area (Å²) in [4.78, 5) is 24.6. The van der Waals surface area contributed by atoms with Gasteiger partial charge in [0.05, 0.1) is 5.56 Å². The van der Waals surface area contributed by atoms with Crippen LogP contribution in [0.2, 0.25) is 0 Å². The van der Waals surface area contributed by atoms with Gasteiger partial charge >= 0.3 is 6.18 Å². The summed E-state index contributed by atoms with van der Waals surface area (Å²) in [5, 5.41) is 14.4. The van der Waals surface area contributed by atoms with E-state index in [2.05, 4.69) is 10.6 Å². The molecule has 0 aliphatic heterocycles. The number of nitrogens with one attached hydrogen (secondary N) is 2. The second-order valence-corrected chi connectivity index (χ2v) is 6.94. The first-order valence-corrected chi connectivity index (χ1v) is 9.93. The van der Waals surface area contributed by atoms with Crippen molar-refractivity contribution in [2.24, 2.45) is 0 Å². The van der Waals surface area contributed by atoms with Crippen molar-refractivity contribution in [3.05, 3.63) is 95.6 Å². The number of nitriles is 1. The van der Waals surface area contributed by atoms with E-state index in [1.54, 1.807) is 54.6 Å². The van der Waals surface area contributed by atoms with E-state index in [0.29, 0.717) is 11.3 Å². The highest BCUT2D eigenvalue weighted by Crippen LogP contribution is 2.31. The molecule has 0 fully saturated rings. The fraction of sp³-hybridized carbons (Fsp3) is 0.0800. The summed E-state index contributed by atoms with van der Waals surface area (Å²) < 4.78 is 44.2. The van der Waals surface area contributed by atoms with Crippen LogP contribution in [0.25, 0.3) is 6.08 Å². The predicted octanol–water partition coefficient (Wildman–Crippen LogP) is 5.27. The number of ether oxygens (including phenoxy) is 1. The standard InChI is InChI=1S/C25H18F3N3O3/c26-25(27,28)19-8-6-11-21(14-19)31-24(33)18(15-29)13-17-7-4-5-12-22(17)34-16-23(32)30-20-9-2-1-3-10-20/h1-14H,16H2,(H,30,32)(H,31,33)/b18-13+. The summed E-state index contributed by atoms with van der Waals surface area (Å²) in [6, 6.07) is 21.0. The zero-order valence-corrected chi connectivity index (χ0v) is 17.6. The Hall–Kier alpha value is -4.58. The molecule has 0 heterocycles. The molecule has 0 aliphatic rings. The maximum Gasteiger partial charge on any atom is 0.416 e. The maximum absolute atomic E-state index is 12.9. The Labute approximate surface area is 193 Å². The number of alkyl halides is 3. The van der Waals surface area contributed by atoms with Gasteiger partial charge in [0.2, 0.25) is 0 Å². The summed E-state index contributed by atoms with van der Waals surface area (Å²) in [7, 11) is 0. The van der Waals surface area contributed by atoms with E-state index in [-0.39, 0.29) is 23.6 Å². The van der Waals surface area contributed by atoms with Gasteiger partial charge in [0.15, 0.2) is 6.61 Å². The quantitative estimate of drug-likeness (QED) is 0.367. The molecule has 0 bridgehead atoms. The zero-order valence-electron chi connectivity index (χ0n) is 17.6. The van der Waals surface area contributed by atoms with Gasteiger partial charge in [-0.15, -0.1) is 0 Å². The van der Waals surface area contributed by atoms with Crippen molar-refractivity contribution >= 4 is 29.3 Å². The average Bonchev–Trinajstić information content (AvgIpc) is 2.82. The zero-order chi connectivity index (χ0) is 24.6. The Morgan fingerprint density at radius 3 is 2.29 bits per heavy atom. The van der Waals surface area contributed by atoms with Crippen LogP contribution in [0.4, 0.5) is 24.5 Å². The van der Waals surface area contributed by atoms with Crippen LogP contribution in [0.15, 0.2) is 84.4 Å². The van der Waals surface area contributed by atoms with Gasteiger partial charge in [-0.2, -0.15) is 18.4 Å². The SMILES string of the molecule is N#C/C(=C\c1ccccc1OCC(=O)Nc1ccccc1)C(=O)Nc1cccc(C(F)(F)F)c1. The van der Waals surface area contributed by atoms with E-state index in [0.717, 1.165) is 18.2 Å². The van der Waals surface area contributed by atoms with E-state index in [4.69, 9.17) is 4.74 Å². The van der Waals surface area contributed by atoms with E-state index >= 15 is 0 Å². The Balaban J connectivity index is 1.72. The maximum atomic E-state index is 12.9. The van der Waals surface area contributed by atoms with Crippen LogP contribution >= 0.6 is 0 Å². The minimum Gasteiger partial charge on any atom is -0.483 e. The molecule has 0 unspecified atom stereocenters. The molecule has 3 aromatic carbocycles. The van der Waals surface area contributed by atoms with Gasteiger partial charge in [-0.3, -0.25) is 9.59 Å². The molecule has 34 heavy (non-hydrogen) atoms. The highest BCUT2D eigenvalue weighted by atomic mass is 19.4. The van der Waals surface area contributed by atoms with E-state index in [1.807, 2.05) is 6.07 Å². The molecule has 0 aliphatic carbocycles. The van der Waals surface area contributed by atoms with Crippen molar-refractivity contribution in [1.29, 1.82) is 5.26 Å². The Morgan fingerprint density at radius 1 is 0.912 bits per heavy atom. The van der Waals surface area contributed by atoms with Gasteiger partial charge < -0.3 is 15.4 Å². The molecule has 0 atom stereocenters. The molecule has 0 aromatic heterocycles. The van der Waals surface area contributed by atoms with Crippen molar-refractivity contribution in [3.8, 4) is 11.8 Å². The van der Waals surface area contributed by atoms with Crippen LogP contribution in [0.3, 0.4) is 0 Å². The summed E-state index contributed by atoms with van der Waals surface area (Å²) in [6.45, 7) is -0.321. The Kier molecular flexibility index (Phi) is 7.67. The monoisotopic (exact) mass is 465 g/mol. The minimum atomic E-state index is -4.57. The lowest BCUT2D eigenvalue weighted by Gasteiger charge is -2.11. The molecule has 0 saturated carbocycles. The molecule has 0 spiro atoms. The number of carbonyl (C=O) groups excluding carboxylic acids is 2. The lowest BCUT2D eigenvalue weighted by molar-refractivity contribution is -0.137. The first-order valence-electron chi connectivity index (χ1n) is 9.93. The molecule has 3 aromatic rings. The summed E-state index contributed by atoms with van der Waals surface area (Å²) in [6.07, 6.45) is -3.34.